The van der Waals surface area contributed by atoms with E-state index >= 15 is 0 Å². The number of esters is 1. The molecule has 8 heteroatoms. The highest BCUT2D eigenvalue weighted by Gasteiger charge is 2.34. The molecule has 0 aliphatic heterocycles. The second-order valence-corrected chi connectivity index (χ2v) is 9.90. The van der Waals surface area contributed by atoms with E-state index < -0.39 is 5.82 Å². The first-order valence-corrected chi connectivity index (χ1v) is 13.1. The maximum atomic E-state index is 14.8. The molecule has 7 nitrogen and oxygen atoms in total. The number of anilines is 1. The predicted octanol–water partition coefficient (Wildman–Crippen LogP) is 6.16. The Balaban J connectivity index is 1.56. The molecule has 0 saturated heterocycles. The number of aromatic nitrogens is 2. The summed E-state index contributed by atoms with van der Waals surface area (Å²) in [5.41, 5.74) is 2.46. The smallest absolute Gasteiger partial charge is 0.306 e. The molecule has 1 atom stereocenters. The Bertz CT molecular complexity index is 1260. The molecule has 38 heavy (non-hydrogen) atoms. The van der Waals surface area contributed by atoms with Crippen LogP contribution >= 0.6 is 0 Å². The summed E-state index contributed by atoms with van der Waals surface area (Å²) in [5.74, 6) is 1.86. The van der Waals surface area contributed by atoms with Gasteiger partial charge in [-0.15, -0.1) is 0 Å². The molecule has 202 valence electrons. The van der Waals surface area contributed by atoms with Gasteiger partial charge in [-0.05, 0) is 81.3 Å². The second kappa shape index (κ2) is 12.2. The SMILES string of the molecule is CCOC(=O)C[C@H](c1cccc(OCc2cnc(-c3cc(OC)ccc3F)c(N(C)C(C)C)n2)c1)C1CC1. The Labute approximate surface area is 224 Å². The summed E-state index contributed by atoms with van der Waals surface area (Å²) in [5, 5.41) is 0. The molecule has 0 unspecified atom stereocenters. The quantitative estimate of drug-likeness (QED) is 0.264. The van der Waals surface area contributed by atoms with Crippen LogP contribution in [0.25, 0.3) is 11.3 Å². The maximum Gasteiger partial charge on any atom is 0.306 e. The van der Waals surface area contributed by atoms with Gasteiger partial charge in [-0.1, -0.05) is 12.1 Å². The van der Waals surface area contributed by atoms with Crippen molar-refractivity contribution in [1.82, 2.24) is 9.97 Å². The number of carbonyl (C=O) groups excluding carboxylic acids is 1. The molecule has 0 bridgehead atoms. The van der Waals surface area contributed by atoms with Crippen molar-refractivity contribution in [1.29, 1.82) is 0 Å². The number of carbonyl (C=O) groups is 1. The number of nitrogens with zero attached hydrogens (tertiary/aromatic N) is 3. The molecule has 0 radical (unpaired) electrons. The van der Waals surface area contributed by atoms with E-state index in [9.17, 15) is 9.18 Å². The minimum absolute atomic E-state index is 0.114. The van der Waals surface area contributed by atoms with Crippen LogP contribution in [0.4, 0.5) is 10.2 Å². The minimum Gasteiger partial charge on any atom is -0.497 e. The third kappa shape index (κ3) is 6.60. The van der Waals surface area contributed by atoms with Gasteiger partial charge in [0.25, 0.3) is 0 Å². The average molecular weight is 522 g/mol. The average Bonchev–Trinajstić information content (AvgIpc) is 3.76. The molecule has 4 rings (SSSR count). The number of methoxy groups -OCH3 is 1. The maximum absolute atomic E-state index is 14.8. The lowest BCUT2D eigenvalue weighted by atomic mass is 9.91. The van der Waals surface area contributed by atoms with Crippen LogP contribution in [0.3, 0.4) is 0 Å². The van der Waals surface area contributed by atoms with E-state index in [1.807, 2.05) is 57.0 Å². The minimum atomic E-state index is -0.396. The molecule has 2 aromatic carbocycles. The van der Waals surface area contributed by atoms with Crippen LogP contribution in [0.2, 0.25) is 0 Å². The molecule has 1 aliphatic carbocycles. The molecule has 1 aliphatic rings. The van der Waals surface area contributed by atoms with E-state index in [0.717, 1.165) is 18.4 Å². The van der Waals surface area contributed by atoms with Crippen LogP contribution in [0.5, 0.6) is 11.5 Å². The standard InChI is InChI=1S/C30H36FN3O4/c1-6-37-28(35)16-25(20-10-11-20)21-8-7-9-24(14-21)38-18-22-17-32-29(30(33-22)34(4)19(2)3)26-15-23(36-5)12-13-27(26)31/h7-9,12-15,17,19-20,25H,6,10-11,16,18H2,1-5H3/t25-/m0/s1. The van der Waals surface area contributed by atoms with Crippen molar-refractivity contribution < 1.29 is 23.4 Å². The van der Waals surface area contributed by atoms with E-state index in [1.54, 1.807) is 25.4 Å². The number of hydrogen-bond donors (Lipinski definition) is 0. The molecule has 0 N–H and O–H groups in total. The van der Waals surface area contributed by atoms with Crippen LogP contribution in [-0.2, 0) is 16.1 Å². The van der Waals surface area contributed by atoms with Gasteiger partial charge in [0, 0.05) is 18.7 Å². The van der Waals surface area contributed by atoms with Crippen LogP contribution in [-0.4, -0.2) is 42.7 Å². The lowest BCUT2D eigenvalue weighted by molar-refractivity contribution is -0.143. The molecule has 1 heterocycles. The van der Waals surface area contributed by atoms with E-state index in [4.69, 9.17) is 19.2 Å². The number of rotatable bonds is 12. The summed E-state index contributed by atoms with van der Waals surface area (Å²) in [4.78, 5) is 23.5. The Hall–Kier alpha value is -3.68. The molecular formula is C30H36FN3O4. The Morgan fingerprint density at radius 2 is 1.95 bits per heavy atom. The molecule has 3 aromatic rings. The third-order valence-electron chi connectivity index (χ3n) is 6.90. The Kier molecular flexibility index (Phi) is 8.81. The van der Waals surface area contributed by atoms with Crippen molar-refractivity contribution in [3.05, 3.63) is 65.7 Å². The third-order valence-corrected chi connectivity index (χ3v) is 6.90. The topological polar surface area (TPSA) is 73.8 Å². The summed E-state index contributed by atoms with van der Waals surface area (Å²) < 4.78 is 31.4. The van der Waals surface area contributed by atoms with Crippen molar-refractivity contribution in [3.8, 4) is 22.8 Å². The largest absolute Gasteiger partial charge is 0.497 e. The number of benzene rings is 2. The summed E-state index contributed by atoms with van der Waals surface area (Å²) in [6, 6.07) is 12.6. The first kappa shape index (κ1) is 27.4. The monoisotopic (exact) mass is 521 g/mol. The van der Waals surface area contributed by atoms with E-state index in [0.29, 0.717) is 53.2 Å². The summed E-state index contributed by atoms with van der Waals surface area (Å²) in [6.45, 7) is 6.48. The first-order chi connectivity index (χ1) is 18.3. The van der Waals surface area contributed by atoms with Crippen molar-refractivity contribution in [2.45, 2.75) is 58.6 Å². The molecule has 1 fully saturated rings. The van der Waals surface area contributed by atoms with E-state index in [1.165, 1.54) is 6.07 Å². The van der Waals surface area contributed by atoms with Gasteiger partial charge < -0.3 is 19.1 Å². The predicted molar refractivity (Wildman–Crippen MR) is 145 cm³/mol. The zero-order chi connectivity index (χ0) is 27.2. The number of hydrogen-bond acceptors (Lipinski definition) is 7. The zero-order valence-electron chi connectivity index (χ0n) is 22.7. The second-order valence-electron chi connectivity index (χ2n) is 9.90. The summed E-state index contributed by atoms with van der Waals surface area (Å²) >= 11 is 0. The fourth-order valence-electron chi connectivity index (χ4n) is 4.42. The summed E-state index contributed by atoms with van der Waals surface area (Å²) in [6.07, 6.45) is 4.23. The molecule has 0 amide bonds. The van der Waals surface area contributed by atoms with Crippen molar-refractivity contribution in [3.63, 3.8) is 0 Å². The normalized spacial score (nSPS) is 13.8. The van der Waals surface area contributed by atoms with Gasteiger partial charge in [-0.25, -0.2) is 9.37 Å². The highest BCUT2D eigenvalue weighted by Crippen LogP contribution is 2.45. The van der Waals surface area contributed by atoms with Gasteiger partial charge in [0.2, 0.25) is 0 Å². The Morgan fingerprint density at radius 1 is 1.16 bits per heavy atom. The van der Waals surface area contributed by atoms with Crippen molar-refractivity contribution in [2.75, 3.05) is 25.7 Å². The highest BCUT2D eigenvalue weighted by atomic mass is 19.1. The molecular weight excluding hydrogens is 485 g/mol. The van der Waals surface area contributed by atoms with Crippen LogP contribution in [0.15, 0.2) is 48.7 Å². The molecule has 0 spiro atoms. The lowest BCUT2D eigenvalue weighted by Crippen LogP contribution is -2.28. The zero-order valence-corrected chi connectivity index (χ0v) is 22.7. The van der Waals surface area contributed by atoms with Gasteiger partial charge in [-0.2, -0.15) is 0 Å². The Morgan fingerprint density at radius 3 is 2.63 bits per heavy atom. The van der Waals surface area contributed by atoms with Gasteiger partial charge in [0.15, 0.2) is 5.82 Å². The highest BCUT2D eigenvalue weighted by molar-refractivity contribution is 5.74. The fraction of sp³-hybridized carbons (Fsp3) is 0.433. The summed E-state index contributed by atoms with van der Waals surface area (Å²) in [7, 11) is 3.45. The molecule has 1 aromatic heterocycles. The fourth-order valence-corrected chi connectivity index (χ4v) is 4.42. The van der Waals surface area contributed by atoms with Gasteiger partial charge in [0.05, 0.1) is 32.0 Å². The van der Waals surface area contributed by atoms with Gasteiger partial charge in [-0.3, -0.25) is 9.78 Å². The first-order valence-electron chi connectivity index (χ1n) is 13.1. The number of ether oxygens (including phenoxy) is 3. The van der Waals surface area contributed by atoms with E-state index in [-0.39, 0.29) is 24.5 Å². The molecule has 1 saturated carbocycles. The van der Waals surface area contributed by atoms with E-state index in [2.05, 4.69) is 4.98 Å². The lowest BCUT2D eigenvalue weighted by Gasteiger charge is -2.25. The van der Waals surface area contributed by atoms with Gasteiger partial charge in [0.1, 0.15) is 29.6 Å². The number of halogens is 1. The van der Waals surface area contributed by atoms with Crippen molar-refractivity contribution >= 4 is 11.8 Å². The van der Waals surface area contributed by atoms with Crippen LogP contribution < -0.4 is 14.4 Å². The van der Waals surface area contributed by atoms with Crippen LogP contribution in [0.1, 0.15) is 57.2 Å². The van der Waals surface area contributed by atoms with Gasteiger partial charge >= 0.3 is 5.97 Å². The van der Waals surface area contributed by atoms with Crippen molar-refractivity contribution in [2.24, 2.45) is 5.92 Å². The van der Waals surface area contributed by atoms with Crippen LogP contribution in [0, 0.1) is 11.7 Å².